The van der Waals surface area contributed by atoms with Gasteiger partial charge in [-0.15, -0.1) is 11.3 Å². The van der Waals surface area contributed by atoms with Gasteiger partial charge in [-0.1, -0.05) is 0 Å². The lowest BCUT2D eigenvalue weighted by Crippen LogP contribution is -2.07. The third kappa shape index (κ3) is 3.54. The molecule has 1 aliphatic heterocycles. The molecule has 6 rings (SSSR count). The van der Waals surface area contributed by atoms with E-state index in [-0.39, 0.29) is 18.3 Å². The summed E-state index contributed by atoms with van der Waals surface area (Å²) in [7, 11) is 0. The molecule has 0 atom stereocenters. The molecule has 0 radical (unpaired) electrons. The predicted molar refractivity (Wildman–Crippen MR) is 119 cm³/mol. The van der Waals surface area contributed by atoms with Crippen LogP contribution in [-0.2, 0) is 0 Å². The van der Waals surface area contributed by atoms with E-state index in [1.54, 1.807) is 24.3 Å². The molecule has 9 heteroatoms. The maximum atomic E-state index is 12.7. The van der Waals surface area contributed by atoms with E-state index >= 15 is 0 Å². The molecule has 0 bridgehead atoms. The Kier molecular flexibility index (Phi) is 4.48. The van der Waals surface area contributed by atoms with Crippen LogP contribution in [0.5, 0.6) is 17.2 Å². The number of hydrogen-bond acceptors (Lipinski definition) is 9. The number of hydrogen-bond donors (Lipinski definition) is 0. The van der Waals surface area contributed by atoms with Gasteiger partial charge in [0.15, 0.2) is 11.5 Å². The molecule has 0 fully saturated rings. The van der Waals surface area contributed by atoms with Gasteiger partial charge in [-0.2, -0.15) is 0 Å². The molecule has 3 aromatic heterocycles. The van der Waals surface area contributed by atoms with Crippen molar-refractivity contribution >= 4 is 28.3 Å². The molecule has 0 aliphatic carbocycles. The third-order valence-corrected chi connectivity index (χ3v) is 5.92. The predicted octanol–water partition coefficient (Wildman–Crippen LogP) is 5.12. The molecule has 0 saturated heterocycles. The molecular formula is C24H13NO7S. The summed E-state index contributed by atoms with van der Waals surface area (Å²) in [4.78, 5) is 29.4. The molecule has 0 unspecified atom stereocenters. The first-order chi connectivity index (χ1) is 16.1. The number of nitrogens with zero attached hydrogens (tertiary/aromatic N) is 1. The van der Waals surface area contributed by atoms with Crippen LogP contribution >= 0.6 is 11.3 Å². The Morgan fingerprint density at radius 2 is 1.94 bits per heavy atom. The normalized spacial score (nSPS) is 12.2. The lowest BCUT2D eigenvalue weighted by molar-refractivity contribution is 0.0701. The monoisotopic (exact) mass is 459 g/mol. The Morgan fingerprint density at radius 1 is 1.03 bits per heavy atom. The van der Waals surface area contributed by atoms with Crippen LogP contribution in [0.2, 0.25) is 0 Å². The van der Waals surface area contributed by atoms with Gasteiger partial charge >= 0.3 is 11.6 Å². The Hall–Kier alpha value is -4.37. The van der Waals surface area contributed by atoms with Crippen LogP contribution in [0.1, 0.15) is 10.6 Å². The van der Waals surface area contributed by atoms with E-state index in [9.17, 15) is 9.59 Å². The number of furan rings is 1. The highest BCUT2D eigenvalue weighted by atomic mass is 32.1. The maximum absolute atomic E-state index is 12.7. The molecule has 0 saturated carbocycles. The van der Waals surface area contributed by atoms with E-state index in [1.807, 2.05) is 23.6 Å². The highest BCUT2D eigenvalue weighted by molar-refractivity contribution is 7.13. The largest absolute Gasteiger partial charge is 0.457 e. The zero-order valence-electron chi connectivity index (χ0n) is 16.8. The molecule has 162 valence electrons. The zero-order chi connectivity index (χ0) is 22.4. The van der Waals surface area contributed by atoms with E-state index in [1.165, 1.54) is 29.7 Å². The number of benzene rings is 2. The van der Waals surface area contributed by atoms with E-state index in [2.05, 4.69) is 4.98 Å². The van der Waals surface area contributed by atoms with Crippen LogP contribution in [0.3, 0.4) is 0 Å². The number of aromatic nitrogens is 1. The smallest absolute Gasteiger partial charge is 0.379 e. The highest BCUT2D eigenvalue weighted by Crippen LogP contribution is 2.37. The number of thiazole rings is 1. The van der Waals surface area contributed by atoms with Crippen molar-refractivity contribution in [2.24, 2.45) is 0 Å². The fourth-order valence-electron chi connectivity index (χ4n) is 3.44. The van der Waals surface area contributed by atoms with Crippen molar-refractivity contribution in [2.75, 3.05) is 6.79 Å². The number of carbonyl (C=O) groups is 1. The average Bonchev–Trinajstić information content (AvgIpc) is 3.60. The van der Waals surface area contributed by atoms with Crippen LogP contribution in [0, 0.1) is 0 Å². The Morgan fingerprint density at radius 3 is 2.82 bits per heavy atom. The Bertz CT molecular complexity index is 1570. The van der Waals surface area contributed by atoms with Gasteiger partial charge in [0, 0.05) is 22.4 Å². The zero-order valence-corrected chi connectivity index (χ0v) is 17.6. The van der Waals surface area contributed by atoms with E-state index in [0.717, 1.165) is 5.56 Å². The first-order valence-corrected chi connectivity index (χ1v) is 10.7. The molecule has 4 heterocycles. The van der Waals surface area contributed by atoms with Crippen LogP contribution in [0.15, 0.2) is 79.9 Å². The lowest BCUT2D eigenvalue weighted by atomic mass is 10.1. The number of esters is 1. The quantitative estimate of drug-likeness (QED) is 0.207. The van der Waals surface area contributed by atoms with Crippen LogP contribution in [0.4, 0.5) is 0 Å². The minimum absolute atomic E-state index is 0.0777. The van der Waals surface area contributed by atoms with Crippen molar-refractivity contribution in [2.45, 2.75) is 0 Å². The Labute approximate surface area is 189 Å². The summed E-state index contributed by atoms with van der Waals surface area (Å²) in [5, 5.41) is 3.07. The highest BCUT2D eigenvalue weighted by Gasteiger charge is 2.18. The van der Waals surface area contributed by atoms with Crippen molar-refractivity contribution in [1.82, 2.24) is 4.98 Å². The number of carbonyl (C=O) groups excluding carboxylic acids is 1. The summed E-state index contributed by atoms with van der Waals surface area (Å²) in [5.74, 6) is 1.03. The van der Waals surface area contributed by atoms with Gasteiger partial charge in [0.1, 0.15) is 16.3 Å². The van der Waals surface area contributed by atoms with Gasteiger partial charge in [-0.25, -0.2) is 14.6 Å². The van der Waals surface area contributed by atoms with Gasteiger partial charge in [0.05, 0.1) is 17.5 Å². The van der Waals surface area contributed by atoms with Crippen molar-refractivity contribution in [3.05, 3.63) is 82.4 Å². The molecule has 0 spiro atoms. The second kappa shape index (κ2) is 7.64. The molecular weight excluding hydrogens is 446 g/mol. The third-order valence-electron chi connectivity index (χ3n) is 5.04. The first kappa shape index (κ1) is 19.3. The molecule has 1 aliphatic rings. The second-order valence-electron chi connectivity index (χ2n) is 7.12. The minimum atomic E-state index is -0.642. The molecule has 8 nitrogen and oxygen atoms in total. The van der Waals surface area contributed by atoms with Gasteiger partial charge in [-0.3, -0.25) is 0 Å². The van der Waals surface area contributed by atoms with E-state index in [0.29, 0.717) is 38.7 Å². The van der Waals surface area contributed by atoms with E-state index in [4.69, 9.17) is 23.0 Å². The summed E-state index contributed by atoms with van der Waals surface area (Å²) >= 11 is 1.34. The molecule has 33 heavy (non-hydrogen) atoms. The van der Waals surface area contributed by atoms with Gasteiger partial charge in [-0.05, 0) is 48.5 Å². The summed E-state index contributed by atoms with van der Waals surface area (Å²) in [6.45, 7) is 0.197. The summed E-state index contributed by atoms with van der Waals surface area (Å²) in [5.41, 5.74) is 1.67. The minimum Gasteiger partial charge on any atom is -0.457 e. The Balaban J connectivity index is 1.30. The lowest BCUT2D eigenvalue weighted by Gasteiger charge is -2.04. The topological polar surface area (TPSA) is 101 Å². The average molecular weight is 459 g/mol. The second-order valence-corrected chi connectivity index (χ2v) is 7.98. The van der Waals surface area contributed by atoms with Crippen molar-refractivity contribution in [3.63, 3.8) is 0 Å². The van der Waals surface area contributed by atoms with Crippen LogP contribution in [0.25, 0.3) is 32.8 Å². The number of rotatable bonds is 4. The molecule has 0 amide bonds. The first-order valence-electron chi connectivity index (χ1n) is 9.83. The number of fused-ring (bicyclic) bond motifs is 2. The van der Waals surface area contributed by atoms with Crippen LogP contribution in [-0.4, -0.2) is 17.7 Å². The summed E-state index contributed by atoms with van der Waals surface area (Å²) in [6, 6.07) is 15.2. The van der Waals surface area contributed by atoms with Gasteiger partial charge in [0.25, 0.3) is 0 Å². The van der Waals surface area contributed by atoms with Gasteiger partial charge < -0.3 is 23.0 Å². The SMILES string of the molecule is O=C(Oc1ccc2cc(-c3nc(-c4ccc5c(c4)OCO5)cs3)c(=O)oc2c1)c1ccco1. The molecule has 2 aromatic carbocycles. The number of ether oxygens (including phenoxy) is 3. The molecule has 0 N–H and O–H groups in total. The fraction of sp³-hybridized carbons (Fsp3) is 0.0417. The standard InChI is InChI=1S/C24H13NO7S/c26-23-16(22-25-17(11-33-22)13-4-6-18-21(9-13)30-12-29-18)8-14-3-5-15(10-20(14)32-23)31-24(27)19-2-1-7-28-19/h1-11H,12H2. The van der Waals surface area contributed by atoms with Crippen LogP contribution < -0.4 is 19.8 Å². The van der Waals surface area contributed by atoms with E-state index < -0.39 is 11.6 Å². The fourth-order valence-corrected chi connectivity index (χ4v) is 4.27. The molecule has 5 aromatic rings. The van der Waals surface area contributed by atoms with Crippen molar-refractivity contribution < 1.29 is 27.8 Å². The summed E-state index contributed by atoms with van der Waals surface area (Å²) < 4.78 is 26.6. The van der Waals surface area contributed by atoms with Crippen molar-refractivity contribution in [1.29, 1.82) is 0 Å². The maximum Gasteiger partial charge on any atom is 0.379 e. The van der Waals surface area contributed by atoms with Gasteiger partial charge in [0.2, 0.25) is 12.6 Å². The van der Waals surface area contributed by atoms with Crippen molar-refractivity contribution in [3.8, 4) is 39.1 Å². The summed E-state index contributed by atoms with van der Waals surface area (Å²) in [6.07, 6.45) is 1.38.